The Labute approximate surface area is 117 Å². The van der Waals surface area contributed by atoms with E-state index in [4.69, 9.17) is 27.5 Å². The van der Waals surface area contributed by atoms with Crippen molar-refractivity contribution in [2.75, 3.05) is 0 Å². The maximum Gasteiger partial charge on any atom is 0.133 e. The lowest BCUT2D eigenvalue weighted by molar-refractivity contribution is 0.303. The summed E-state index contributed by atoms with van der Waals surface area (Å²) in [5.74, 6) is 0.653. The van der Waals surface area contributed by atoms with E-state index in [2.05, 4.69) is 0 Å². The van der Waals surface area contributed by atoms with Gasteiger partial charge in [0.1, 0.15) is 18.2 Å². The van der Waals surface area contributed by atoms with E-state index < -0.39 is 0 Å². The van der Waals surface area contributed by atoms with Crippen molar-refractivity contribution in [3.63, 3.8) is 0 Å². The van der Waals surface area contributed by atoms with Gasteiger partial charge in [-0.3, -0.25) is 5.41 Å². The van der Waals surface area contributed by atoms with Crippen molar-refractivity contribution in [2.45, 2.75) is 13.5 Å². The number of ether oxygens (including phenoxy) is 1. The Morgan fingerprint density at radius 2 is 2.00 bits per heavy atom. The second-order valence-electron chi connectivity index (χ2n) is 4.28. The Morgan fingerprint density at radius 3 is 2.68 bits per heavy atom. The Kier molecular flexibility index (Phi) is 4.07. The van der Waals surface area contributed by atoms with Crippen molar-refractivity contribution in [1.82, 2.24) is 0 Å². The number of hydrogen-bond donors (Lipinski definition) is 2. The van der Waals surface area contributed by atoms with E-state index in [1.165, 1.54) is 0 Å². The van der Waals surface area contributed by atoms with E-state index in [-0.39, 0.29) is 5.84 Å². The summed E-state index contributed by atoms with van der Waals surface area (Å²) in [6.07, 6.45) is 0. The molecular weight excluding hydrogens is 260 g/mol. The fourth-order valence-corrected chi connectivity index (χ4v) is 2.05. The maximum absolute atomic E-state index is 7.57. The van der Waals surface area contributed by atoms with Crippen LogP contribution in [0.2, 0.25) is 5.02 Å². The van der Waals surface area contributed by atoms with Gasteiger partial charge in [-0.15, -0.1) is 0 Å². The van der Waals surface area contributed by atoms with Gasteiger partial charge in [0.05, 0.1) is 5.56 Å². The van der Waals surface area contributed by atoms with Crippen molar-refractivity contribution < 1.29 is 4.74 Å². The quantitative estimate of drug-likeness (QED) is 0.662. The second kappa shape index (κ2) is 5.76. The smallest absolute Gasteiger partial charge is 0.133 e. The van der Waals surface area contributed by atoms with Gasteiger partial charge in [0.25, 0.3) is 0 Å². The number of hydrogen-bond acceptors (Lipinski definition) is 2. The predicted octanol–water partition coefficient (Wildman–Crippen LogP) is 3.51. The SMILES string of the molecule is Cc1cccc(C(=N)N)c1OCc1cccc(Cl)c1. The summed E-state index contributed by atoms with van der Waals surface area (Å²) in [5.41, 5.74) is 8.10. The van der Waals surface area contributed by atoms with Gasteiger partial charge >= 0.3 is 0 Å². The lowest BCUT2D eigenvalue weighted by Gasteiger charge is -2.13. The zero-order valence-corrected chi connectivity index (χ0v) is 11.4. The highest BCUT2D eigenvalue weighted by molar-refractivity contribution is 6.30. The minimum Gasteiger partial charge on any atom is -0.488 e. The van der Waals surface area contributed by atoms with Crippen LogP contribution in [0.4, 0.5) is 0 Å². The molecule has 19 heavy (non-hydrogen) atoms. The zero-order chi connectivity index (χ0) is 13.8. The number of nitrogens with two attached hydrogens (primary N) is 1. The van der Waals surface area contributed by atoms with Crippen LogP contribution in [0.15, 0.2) is 42.5 Å². The molecule has 0 heterocycles. The third-order valence-corrected chi connectivity index (χ3v) is 3.01. The number of nitrogen functional groups attached to an aromatic ring is 1. The van der Waals surface area contributed by atoms with Crippen molar-refractivity contribution in [2.24, 2.45) is 5.73 Å². The molecule has 0 aliphatic carbocycles. The van der Waals surface area contributed by atoms with Crippen LogP contribution >= 0.6 is 11.6 Å². The van der Waals surface area contributed by atoms with Crippen LogP contribution in [0.3, 0.4) is 0 Å². The summed E-state index contributed by atoms with van der Waals surface area (Å²) >= 11 is 5.93. The van der Waals surface area contributed by atoms with Crippen LogP contribution in [0.25, 0.3) is 0 Å². The van der Waals surface area contributed by atoms with Crippen LogP contribution in [0.1, 0.15) is 16.7 Å². The first kappa shape index (κ1) is 13.4. The van der Waals surface area contributed by atoms with Gasteiger partial charge in [0.2, 0.25) is 0 Å². The fourth-order valence-electron chi connectivity index (χ4n) is 1.84. The number of nitrogens with one attached hydrogen (secondary N) is 1. The monoisotopic (exact) mass is 274 g/mol. The highest BCUT2D eigenvalue weighted by atomic mass is 35.5. The topological polar surface area (TPSA) is 59.1 Å². The van der Waals surface area contributed by atoms with E-state index in [1.54, 1.807) is 6.07 Å². The first-order valence-electron chi connectivity index (χ1n) is 5.89. The first-order chi connectivity index (χ1) is 9.08. The van der Waals surface area contributed by atoms with Gasteiger partial charge in [-0.25, -0.2) is 0 Å². The van der Waals surface area contributed by atoms with Gasteiger partial charge in [-0.1, -0.05) is 35.9 Å². The molecule has 3 nitrogen and oxygen atoms in total. The highest BCUT2D eigenvalue weighted by Crippen LogP contribution is 2.24. The standard InChI is InChI=1S/C15H15ClN2O/c1-10-4-2-7-13(15(17)18)14(10)19-9-11-5-3-6-12(16)8-11/h2-8H,9H2,1H3,(H3,17,18). The minimum absolute atomic E-state index is 0.00444. The molecule has 0 saturated heterocycles. The van der Waals surface area contributed by atoms with Crippen molar-refractivity contribution in [3.8, 4) is 5.75 Å². The van der Waals surface area contributed by atoms with Crippen LogP contribution in [0.5, 0.6) is 5.75 Å². The van der Waals surface area contributed by atoms with E-state index in [0.29, 0.717) is 22.9 Å². The zero-order valence-electron chi connectivity index (χ0n) is 10.6. The number of rotatable bonds is 4. The average molecular weight is 275 g/mol. The third-order valence-electron chi connectivity index (χ3n) is 2.77. The fraction of sp³-hybridized carbons (Fsp3) is 0.133. The molecule has 0 amide bonds. The largest absolute Gasteiger partial charge is 0.488 e. The molecule has 4 heteroatoms. The number of benzene rings is 2. The van der Waals surface area contributed by atoms with Gasteiger partial charge in [0, 0.05) is 5.02 Å². The van der Waals surface area contributed by atoms with Crippen LogP contribution in [-0.4, -0.2) is 5.84 Å². The van der Waals surface area contributed by atoms with Crippen molar-refractivity contribution >= 4 is 17.4 Å². The third kappa shape index (κ3) is 3.26. The van der Waals surface area contributed by atoms with E-state index in [9.17, 15) is 0 Å². The van der Waals surface area contributed by atoms with Gasteiger partial charge in [0.15, 0.2) is 0 Å². The van der Waals surface area contributed by atoms with E-state index in [0.717, 1.165) is 11.1 Å². The molecule has 0 fully saturated rings. The summed E-state index contributed by atoms with van der Waals surface area (Å²) in [6.45, 7) is 2.32. The molecular formula is C15H15ClN2O. The molecule has 0 bridgehead atoms. The molecule has 0 radical (unpaired) electrons. The number of para-hydroxylation sites is 1. The molecule has 2 rings (SSSR count). The van der Waals surface area contributed by atoms with Gasteiger partial charge in [-0.2, -0.15) is 0 Å². The van der Waals surface area contributed by atoms with Crippen LogP contribution in [-0.2, 0) is 6.61 Å². The summed E-state index contributed by atoms with van der Waals surface area (Å²) in [4.78, 5) is 0. The summed E-state index contributed by atoms with van der Waals surface area (Å²) in [7, 11) is 0. The van der Waals surface area contributed by atoms with Crippen molar-refractivity contribution in [3.05, 3.63) is 64.2 Å². The Morgan fingerprint density at radius 1 is 1.26 bits per heavy atom. The van der Waals surface area contributed by atoms with E-state index >= 15 is 0 Å². The van der Waals surface area contributed by atoms with Crippen LogP contribution in [0, 0.1) is 12.3 Å². The number of aryl methyl sites for hydroxylation is 1. The number of halogens is 1. The number of amidine groups is 1. The molecule has 2 aromatic carbocycles. The minimum atomic E-state index is 0.00444. The molecule has 0 atom stereocenters. The Bertz CT molecular complexity index is 611. The normalized spacial score (nSPS) is 10.2. The predicted molar refractivity (Wildman–Crippen MR) is 78.0 cm³/mol. The molecule has 2 aromatic rings. The molecule has 0 aromatic heterocycles. The molecule has 0 aliphatic heterocycles. The van der Waals surface area contributed by atoms with Crippen molar-refractivity contribution in [1.29, 1.82) is 5.41 Å². The Balaban J connectivity index is 2.22. The second-order valence-corrected chi connectivity index (χ2v) is 4.72. The molecule has 3 N–H and O–H groups in total. The summed E-state index contributed by atoms with van der Waals surface area (Å²) in [5, 5.41) is 8.25. The van der Waals surface area contributed by atoms with E-state index in [1.807, 2.05) is 43.3 Å². The van der Waals surface area contributed by atoms with Crippen LogP contribution < -0.4 is 10.5 Å². The Hall–Kier alpha value is -2.00. The first-order valence-corrected chi connectivity index (χ1v) is 6.27. The molecule has 0 saturated carbocycles. The average Bonchev–Trinajstić information content (AvgIpc) is 2.37. The summed E-state index contributed by atoms with van der Waals surface area (Å²) < 4.78 is 5.79. The lowest BCUT2D eigenvalue weighted by atomic mass is 10.1. The lowest BCUT2D eigenvalue weighted by Crippen LogP contribution is -2.13. The maximum atomic E-state index is 7.57. The molecule has 98 valence electrons. The molecule has 0 unspecified atom stereocenters. The van der Waals surface area contributed by atoms with Gasteiger partial charge in [-0.05, 0) is 36.2 Å². The molecule has 0 aliphatic rings. The molecule has 0 spiro atoms. The van der Waals surface area contributed by atoms with Gasteiger partial charge < -0.3 is 10.5 Å². The highest BCUT2D eigenvalue weighted by Gasteiger charge is 2.09. The summed E-state index contributed by atoms with van der Waals surface area (Å²) in [6, 6.07) is 13.1.